The third-order valence-electron chi connectivity index (χ3n) is 6.91. The van der Waals surface area contributed by atoms with Gasteiger partial charge in [-0.2, -0.15) is 9.94 Å². The van der Waals surface area contributed by atoms with E-state index in [1.165, 1.54) is 30.4 Å². The molecule has 5 rings (SSSR count). The minimum atomic E-state index is -0.546. The summed E-state index contributed by atoms with van der Waals surface area (Å²) in [5.74, 6) is 0.490. The molecule has 2 aromatic heterocycles. The van der Waals surface area contributed by atoms with E-state index in [1.54, 1.807) is 0 Å². The lowest BCUT2D eigenvalue weighted by molar-refractivity contribution is -0.148. The maximum Gasteiger partial charge on any atom is 0.350 e. The van der Waals surface area contributed by atoms with E-state index in [1.807, 2.05) is 48.5 Å². The number of benzene rings is 2. The first-order valence-corrected chi connectivity index (χ1v) is 13.1. The Hall–Kier alpha value is -3.63. The Bertz CT molecular complexity index is 1320. The van der Waals surface area contributed by atoms with Crippen LogP contribution >= 0.6 is 0 Å². The summed E-state index contributed by atoms with van der Waals surface area (Å²) in [7, 11) is 0. The number of hydrogen-bond acceptors (Lipinski definition) is 8. The lowest BCUT2D eigenvalue weighted by Gasteiger charge is -2.23. The number of aromatic nitrogens is 6. The summed E-state index contributed by atoms with van der Waals surface area (Å²) in [6, 6.07) is 14.6. The highest BCUT2D eigenvalue weighted by atomic mass is 16.7. The van der Waals surface area contributed by atoms with Crippen molar-refractivity contribution in [3.05, 3.63) is 48.5 Å². The van der Waals surface area contributed by atoms with E-state index in [4.69, 9.17) is 9.82 Å². The lowest BCUT2D eigenvalue weighted by Crippen LogP contribution is -2.41. The molecule has 1 aliphatic rings. The van der Waals surface area contributed by atoms with Gasteiger partial charge in [0.25, 0.3) is 0 Å². The Labute approximate surface area is 215 Å². The molecule has 10 nitrogen and oxygen atoms in total. The van der Waals surface area contributed by atoms with Gasteiger partial charge in [-0.05, 0) is 30.3 Å². The quantitative estimate of drug-likeness (QED) is 0.298. The second-order valence-electron chi connectivity index (χ2n) is 9.58. The molecule has 194 valence electrons. The molecule has 1 unspecified atom stereocenters. The second kappa shape index (κ2) is 11.6. The summed E-state index contributed by atoms with van der Waals surface area (Å²) in [6.45, 7) is 3.45. The summed E-state index contributed by atoms with van der Waals surface area (Å²) < 4.78 is 1.49. The normalized spacial score (nSPS) is 18.0. The van der Waals surface area contributed by atoms with Crippen molar-refractivity contribution in [3.63, 3.8) is 0 Å². The van der Waals surface area contributed by atoms with E-state index in [9.17, 15) is 9.90 Å². The number of aliphatic hydroxyl groups is 1. The molecule has 3 heterocycles. The van der Waals surface area contributed by atoms with Crippen LogP contribution in [-0.2, 0) is 4.79 Å². The number of carbonyl (C=O) groups is 1. The number of nitrogens with one attached hydrogen (secondary N) is 1. The largest absolute Gasteiger partial charge is 0.392 e. The van der Waals surface area contributed by atoms with Crippen LogP contribution in [0.15, 0.2) is 48.5 Å². The second-order valence-corrected chi connectivity index (χ2v) is 9.58. The minimum Gasteiger partial charge on any atom is -0.392 e. The van der Waals surface area contributed by atoms with Gasteiger partial charge < -0.3 is 9.94 Å². The average molecular weight is 504 g/mol. The fourth-order valence-electron chi connectivity index (χ4n) is 5.03. The molecule has 0 aliphatic carbocycles. The van der Waals surface area contributed by atoms with Crippen LogP contribution in [0.3, 0.4) is 0 Å². The number of fused-ring (bicyclic) bond motifs is 1. The van der Waals surface area contributed by atoms with E-state index < -0.39 is 18.1 Å². The summed E-state index contributed by atoms with van der Waals surface area (Å²) in [4.78, 5) is 26.4. The smallest absolute Gasteiger partial charge is 0.350 e. The van der Waals surface area contributed by atoms with Gasteiger partial charge in [-0.1, -0.05) is 75.4 Å². The van der Waals surface area contributed by atoms with Gasteiger partial charge in [-0.25, -0.2) is 9.78 Å². The van der Waals surface area contributed by atoms with Crippen LogP contribution in [0.25, 0.3) is 33.8 Å². The van der Waals surface area contributed by atoms with E-state index in [-0.39, 0.29) is 0 Å². The number of nitrogens with zero attached hydrogens (tertiary/aromatic N) is 6. The highest BCUT2D eigenvalue weighted by Crippen LogP contribution is 2.31. The van der Waals surface area contributed by atoms with Gasteiger partial charge in [0, 0.05) is 24.1 Å². The molecule has 1 aliphatic heterocycles. The van der Waals surface area contributed by atoms with E-state index in [0.29, 0.717) is 46.8 Å². The first kappa shape index (κ1) is 25.0. The zero-order valence-corrected chi connectivity index (χ0v) is 21.1. The molecule has 4 aromatic rings. The maximum absolute atomic E-state index is 13.5. The van der Waals surface area contributed by atoms with Gasteiger partial charge in [-0.15, -0.1) is 10.2 Å². The number of aliphatic hydroxyl groups excluding tert-OH is 1. The third-order valence-corrected chi connectivity index (χ3v) is 6.91. The fraction of sp³-hybridized carbons (Fsp3) is 0.444. The number of carbonyl (C=O) groups excluding carboxylic acids is 1. The fourth-order valence-corrected chi connectivity index (χ4v) is 5.03. The highest BCUT2D eigenvalue weighted by Gasteiger charge is 2.37. The van der Waals surface area contributed by atoms with Crippen molar-refractivity contribution in [2.45, 2.75) is 64.0 Å². The van der Waals surface area contributed by atoms with Gasteiger partial charge in [0.1, 0.15) is 11.6 Å². The van der Waals surface area contributed by atoms with E-state index in [0.717, 1.165) is 19.4 Å². The van der Waals surface area contributed by atoms with E-state index >= 15 is 0 Å². The number of hydrogen-bond donors (Lipinski definition) is 2. The molecular formula is C27H33N7O3. The summed E-state index contributed by atoms with van der Waals surface area (Å²) in [5, 5.41) is 24.8. The van der Waals surface area contributed by atoms with Crippen molar-refractivity contribution < 1.29 is 14.7 Å². The Morgan fingerprint density at radius 1 is 1.05 bits per heavy atom. The Balaban J connectivity index is 1.40. The van der Waals surface area contributed by atoms with Crippen molar-refractivity contribution >= 4 is 17.0 Å². The molecular weight excluding hydrogens is 470 g/mol. The molecule has 1 saturated heterocycles. The van der Waals surface area contributed by atoms with Crippen molar-refractivity contribution in [3.8, 4) is 22.8 Å². The van der Waals surface area contributed by atoms with Crippen LogP contribution in [0.4, 0.5) is 0 Å². The standard InChI is InChI=1S/C27H33N7O3/c1-2-3-4-5-6-11-16-33-18-19(35)17-24(33)27(36)37-34-23-15-10-9-14-22(23)28-26(34)21-13-8-7-12-20(21)25-29-31-32-30-25/h7-10,12-15,19,24,35H,2-6,11,16-18H2,1H3,(H,29,30,31,32)/t19?,24-/m0/s1. The van der Waals surface area contributed by atoms with Crippen LogP contribution in [-0.4, -0.2) is 71.5 Å². The first-order chi connectivity index (χ1) is 18.2. The Morgan fingerprint density at radius 2 is 1.81 bits per heavy atom. The summed E-state index contributed by atoms with van der Waals surface area (Å²) in [5.41, 5.74) is 2.80. The summed E-state index contributed by atoms with van der Waals surface area (Å²) in [6.07, 6.45) is 6.85. The lowest BCUT2D eigenvalue weighted by atomic mass is 10.1. The van der Waals surface area contributed by atoms with Crippen LogP contribution in [0, 0.1) is 0 Å². The third kappa shape index (κ3) is 5.55. The molecule has 0 amide bonds. The maximum atomic E-state index is 13.5. The number of aromatic amines is 1. The van der Waals surface area contributed by atoms with Crippen molar-refractivity contribution in [1.29, 1.82) is 0 Å². The van der Waals surface area contributed by atoms with Gasteiger partial charge in [0.05, 0.1) is 11.6 Å². The van der Waals surface area contributed by atoms with Crippen LogP contribution in [0.1, 0.15) is 51.9 Å². The molecule has 10 heteroatoms. The molecule has 2 atom stereocenters. The number of tetrazole rings is 1. The first-order valence-electron chi connectivity index (χ1n) is 13.1. The topological polar surface area (TPSA) is 122 Å². The molecule has 37 heavy (non-hydrogen) atoms. The van der Waals surface area contributed by atoms with Crippen molar-refractivity contribution in [2.24, 2.45) is 0 Å². The van der Waals surface area contributed by atoms with Crippen LogP contribution < -0.4 is 4.84 Å². The minimum absolute atomic E-state index is 0.357. The zero-order valence-electron chi connectivity index (χ0n) is 21.1. The SMILES string of the molecule is CCCCCCCCN1CC(O)C[C@H]1C(=O)On1c(-c2ccccc2-c2nn[nH]n2)nc2ccccc21. The molecule has 2 N–H and O–H groups in total. The summed E-state index contributed by atoms with van der Waals surface area (Å²) >= 11 is 0. The number of H-pyrrole nitrogens is 1. The molecule has 0 saturated carbocycles. The Kier molecular flexibility index (Phi) is 7.86. The van der Waals surface area contributed by atoms with Gasteiger partial charge >= 0.3 is 5.97 Å². The van der Waals surface area contributed by atoms with Gasteiger partial charge in [-0.3, -0.25) is 4.90 Å². The molecule has 0 radical (unpaired) electrons. The number of likely N-dealkylation sites (tertiary alicyclic amines) is 1. The number of β-amino-alcohol motifs (C(OH)–C–C–N with tert-alkyl or cyclic N) is 1. The van der Waals surface area contributed by atoms with E-state index in [2.05, 4.69) is 32.4 Å². The van der Waals surface area contributed by atoms with Crippen molar-refractivity contribution in [2.75, 3.05) is 13.1 Å². The Morgan fingerprint density at radius 3 is 2.62 bits per heavy atom. The predicted octanol–water partition coefficient (Wildman–Crippen LogP) is 3.63. The molecule has 0 bridgehead atoms. The average Bonchev–Trinajstić information content (AvgIpc) is 3.66. The number of unbranched alkanes of at least 4 members (excludes halogenated alkanes) is 5. The molecule has 1 fully saturated rings. The van der Waals surface area contributed by atoms with Crippen molar-refractivity contribution in [1.82, 2.24) is 35.2 Å². The predicted molar refractivity (Wildman–Crippen MR) is 139 cm³/mol. The van der Waals surface area contributed by atoms with Crippen LogP contribution in [0.2, 0.25) is 0 Å². The molecule has 0 spiro atoms. The zero-order chi connectivity index (χ0) is 25.6. The molecule has 2 aromatic carbocycles. The monoisotopic (exact) mass is 503 g/mol. The van der Waals surface area contributed by atoms with Crippen LogP contribution in [0.5, 0.6) is 0 Å². The number of para-hydroxylation sites is 2. The highest BCUT2D eigenvalue weighted by molar-refractivity contribution is 5.86. The van der Waals surface area contributed by atoms with Gasteiger partial charge in [0.15, 0.2) is 5.82 Å². The van der Waals surface area contributed by atoms with Gasteiger partial charge in [0.2, 0.25) is 5.82 Å². The number of rotatable bonds is 11. The number of imidazole rings is 1.